The van der Waals surface area contributed by atoms with Gasteiger partial charge in [0, 0.05) is 12.2 Å². The third kappa shape index (κ3) is 4.93. The van der Waals surface area contributed by atoms with Crippen molar-refractivity contribution in [1.29, 1.82) is 0 Å². The van der Waals surface area contributed by atoms with Gasteiger partial charge in [0.1, 0.15) is 0 Å². The van der Waals surface area contributed by atoms with Crippen LogP contribution in [0.3, 0.4) is 0 Å². The molecule has 0 aliphatic heterocycles. The number of hydrogen-bond acceptors (Lipinski definition) is 2. The summed E-state index contributed by atoms with van der Waals surface area (Å²) in [7, 11) is 0. The van der Waals surface area contributed by atoms with Crippen molar-refractivity contribution in [2.24, 2.45) is 0 Å². The van der Waals surface area contributed by atoms with Crippen LogP contribution in [0.1, 0.15) is 32.3 Å². The average molecular weight is 237 g/mol. The number of benzene rings is 1. The molecule has 0 unspecified atom stereocenters. The number of thioether (sulfide) groups is 1. The van der Waals surface area contributed by atoms with Crippen LogP contribution >= 0.6 is 11.8 Å². The van der Waals surface area contributed by atoms with Crippen molar-refractivity contribution in [2.45, 2.75) is 33.1 Å². The molecule has 0 heterocycles. The third-order valence-corrected chi connectivity index (χ3v) is 3.51. The normalized spacial score (nSPS) is 10.4. The Balaban J connectivity index is 2.34. The summed E-state index contributed by atoms with van der Waals surface area (Å²) < 4.78 is 0. The van der Waals surface area contributed by atoms with Gasteiger partial charge in [-0.2, -0.15) is 11.8 Å². The van der Waals surface area contributed by atoms with E-state index in [0.29, 0.717) is 0 Å². The van der Waals surface area contributed by atoms with Gasteiger partial charge in [0.2, 0.25) is 0 Å². The molecule has 0 fully saturated rings. The van der Waals surface area contributed by atoms with Crippen LogP contribution in [0.5, 0.6) is 0 Å². The number of anilines is 1. The van der Waals surface area contributed by atoms with Crippen LogP contribution in [0.15, 0.2) is 24.3 Å². The lowest BCUT2D eigenvalue weighted by Crippen LogP contribution is -2.05. The maximum absolute atomic E-state index is 3.54. The van der Waals surface area contributed by atoms with Gasteiger partial charge in [0.05, 0.1) is 0 Å². The van der Waals surface area contributed by atoms with Gasteiger partial charge in [0.15, 0.2) is 0 Å². The third-order valence-electron chi connectivity index (χ3n) is 2.52. The first-order valence-corrected chi connectivity index (χ1v) is 7.43. The molecule has 0 aromatic heterocycles. The van der Waals surface area contributed by atoms with Gasteiger partial charge in [-0.05, 0) is 36.0 Å². The van der Waals surface area contributed by atoms with Crippen LogP contribution in [-0.2, 0) is 6.42 Å². The second-order valence-electron chi connectivity index (χ2n) is 3.88. The molecular weight excluding hydrogens is 214 g/mol. The maximum atomic E-state index is 3.54. The number of nitrogens with one attached hydrogen (secondary N) is 1. The fraction of sp³-hybridized carbons (Fsp3) is 0.571. The van der Waals surface area contributed by atoms with Crippen LogP contribution in [0.25, 0.3) is 0 Å². The second kappa shape index (κ2) is 8.51. The summed E-state index contributed by atoms with van der Waals surface area (Å²) >= 11 is 2.02. The van der Waals surface area contributed by atoms with Gasteiger partial charge in [-0.15, -0.1) is 0 Å². The molecule has 0 amide bonds. The van der Waals surface area contributed by atoms with E-state index in [4.69, 9.17) is 0 Å². The maximum Gasteiger partial charge on any atom is 0.0372 e. The van der Waals surface area contributed by atoms with E-state index in [-0.39, 0.29) is 0 Å². The molecule has 0 saturated carbocycles. The highest BCUT2D eigenvalue weighted by Crippen LogP contribution is 2.16. The first-order chi connectivity index (χ1) is 7.88. The summed E-state index contributed by atoms with van der Waals surface area (Å²) in [6.07, 6.45) is 3.64. The van der Waals surface area contributed by atoms with Crippen LogP contribution < -0.4 is 5.32 Å². The molecule has 0 saturated heterocycles. The van der Waals surface area contributed by atoms with Crippen molar-refractivity contribution in [3.63, 3.8) is 0 Å². The predicted octanol–water partition coefficient (Wildman–Crippen LogP) is 4.19. The molecule has 1 nitrogen and oxygen atoms in total. The Bertz CT molecular complexity index is 286. The lowest BCUT2D eigenvalue weighted by atomic mass is 10.1. The minimum Gasteiger partial charge on any atom is -0.385 e. The molecule has 1 rings (SSSR count). The van der Waals surface area contributed by atoms with Crippen molar-refractivity contribution in [2.75, 3.05) is 23.4 Å². The minimum absolute atomic E-state index is 1.09. The fourth-order valence-electron chi connectivity index (χ4n) is 1.72. The lowest BCUT2D eigenvalue weighted by molar-refractivity contribution is 0.914. The SMILES string of the molecule is CCCc1ccccc1NCCCSCC. The highest BCUT2D eigenvalue weighted by atomic mass is 32.2. The largest absolute Gasteiger partial charge is 0.385 e. The van der Waals surface area contributed by atoms with Crippen LogP contribution in [0.4, 0.5) is 5.69 Å². The van der Waals surface area contributed by atoms with Crippen LogP contribution in [0.2, 0.25) is 0 Å². The first-order valence-electron chi connectivity index (χ1n) is 6.28. The molecule has 0 bridgehead atoms. The average Bonchev–Trinajstić information content (AvgIpc) is 2.31. The Kier molecular flexibility index (Phi) is 7.15. The standard InChI is InChI=1S/C14H23NS/c1-3-8-13-9-5-6-10-14(13)15-11-7-12-16-4-2/h5-6,9-10,15H,3-4,7-8,11-12H2,1-2H3. The first kappa shape index (κ1) is 13.4. The monoisotopic (exact) mass is 237 g/mol. The molecule has 1 aromatic rings. The van der Waals surface area contributed by atoms with Crippen LogP contribution in [0, 0.1) is 0 Å². The van der Waals surface area contributed by atoms with Gasteiger partial charge in [-0.1, -0.05) is 38.5 Å². The van der Waals surface area contributed by atoms with E-state index < -0.39 is 0 Å². The molecule has 0 spiro atoms. The molecule has 1 aromatic carbocycles. The van der Waals surface area contributed by atoms with E-state index in [2.05, 4.69) is 43.4 Å². The zero-order chi connectivity index (χ0) is 11.6. The van der Waals surface area contributed by atoms with E-state index in [9.17, 15) is 0 Å². The van der Waals surface area contributed by atoms with Gasteiger partial charge < -0.3 is 5.32 Å². The lowest BCUT2D eigenvalue weighted by Gasteiger charge is -2.11. The Morgan fingerprint density at radius 3 is 2.75 bits per heavy atom. The zero-order valence-electron chi connectivity index (χ0n) is 10.5. The highest BCUT2D eigenvalue weighted by molar-refractivity contribution is 7.99. The summed E-state index contributed by atoms with van der Waals surface area (Å²) in [4.78, 5) is 0. The van der Waals surface area contributed by atoms with Gasteiger partial charge in [-0.3, -0.25) is 0 Å². The summed E-state index contributed by atoms with van der Waals surface area (Å²) in [5.74, 6) is 2.49. The van der Waals surface area contributed by atoms with Crippen molar-refractivity contribution in [3.8, 4) is 0 Å². The van der Waals surface area contributed by atoms with E-state index in [1.807, 2.05) is 11.8 Å². The Labute approximate surface area is 104 Å². The summed E-state index contributed by atoms with van der Waals surface area (Å²) in [6, 6.07) is 8.66. The number of aryl methyl sites for hydroxylation is 1. The van der Waals surface area contributed by atoms with Crippen LogP contribution in [-0.4, -0.2) is 18.1 Å². The second-order valence-corrected chi connectivity index (χ2v) is 5.28. The minimum atomic E-state index is 1.09. The summed E-state index contributed by atoms with van der Waals surface area (Å²) in [5, 5.41) is 3.54. The predicted molar refractivity (Wildman–Crippen MR) is 76.5 cm³/mol. The molecule has 0 aliphatic rings. The molecule has 16 heavy (non-hydrogen) atoms. The Morgan fingerprint density at radius 1 is 1.19 bits per heavy atom. The zero-order valence-corrected chi connectivity index (χ0v) is 11.3. The molecule has 0 radical (unpaired) electrons. The summed E-state index contributed by atoms with van der Waals surface area (Å²) in [6.45, 7) is 5.54. The number of para-hydroxylation sites is 1. The van der Waals surface area contributed by atoms with E-state index in [1.165, 1.54) is 42.0 Å². The molecule has 90 valence electrons. The Morgan fingerprint density at radius 2 is 2.00 bits per heavy atom. The van der Waals surface area contributed by atoms with Gasteiger partial charge in [-0.25, -0.2) is 0 Å². The quantitative estimate of drug-likeness (QED) is 0.680. The summed E-state index contributed by atoms with van der Waals surface area (Å²) in [5.41, 5.74) is 2.78. The smallest absolute Gasteiger partial charge is 0.0372 e. The topological polar surface area (TPSA) is 12.0 Å². The Hall–Kier alpha value is -0.630. The number of rotatable bonds is 8. The molecular formula is C14H23NS. The molecule has 1 N–H and O–H groups in total. The molecule has 2 heteroatoms. The van der Waals surface area contributed by atoms with Gasteiger partial charge in [0.25, 0.3) is 0 Å². The fourth-order valence-corrected chi connectivity index (χ4v) is 2.36. The molecule has 0 atom stereocenters. The van der Waals surface area contributed by atoms with Crippen molar-refractivity contribution < 1.29 is 0 Å². The molecule has 0 aliphatic carbocycles. The van der Waals surface area contributed by atoms with Crippen molar-refractivity contribution >= 4 is 17.4 Å². The van der Waals surface area contributed by atoms with Crippen molar-refractivity contribution in [3.05, 3.63) is 29.8 Å². The van der Waals surface area contributed by atoms with Gasteiger partial charge >= 0.3 is 0 Å². The number of hydrogen-bond donors (Lipinski definition) is 1. The van der Waals surface area contributed by atoms with Crippen molar-refractivity contribution in [1.82, 2.24) is 0 Å². The van der Waals surface area contributed by atoms with E-state index >= 15 is 0 Å². The highest BCUT2D eigenvalue weighted by Gasteiger charge is 1.99. The van der Waals surface area contributed by atoms with E-state index in [1.54, 1.807) is 0 Å². The van der Waals surface area contributed by atoms with E-state index in [0.717, 1.165) is 6.54 Å².